The summed E-state index contributed by atoms with van der Waals surface area (Å²) in [5.41, 5.74) is 1.07. The van der Waals surface area contributed by atoms with Gasteiger partial charge in [-0.2, -0.15) is 8.78 Å². The van der Waals surface area contributed by atoms with Crippen LogP contribution < -0.4 is 10.1 Å². The van der Waals surface area contributed by atoms with Gasteiger partial charge < -0.3 is 19.8 Å². The van der Waals surface area contributed by atoms with Gasteiger partial charge >= 0.3 is 6.61 Å². The Balaban J connectivity index is 1.73. The Hall–Kier alpha value is -1.58. The molecular weight excluding hydrogens is 352 g/mol. The molecule has 4 atom stereocenters. The third kappa shape index (κ3) is 4.16. The number of imidazole rings is 1. The topological polar surface area (TPSA) is 76.2 Å². The number of methoxy groups -OCH3 is 1. The van der Waals surface area contributed by atoms with E-state index in [-0.39, 0.29) is 23.8 Å². The molecule has 2 aromatic rings. The summed E-state index contributed by atoms with van der Waals surface area (Å²) < 4.78 is 47.1. The van der Waals surface area contributed by atoms with Crippen LogP contribution in [-0.4, -0.2) is 52.3 Å². The Bertz CT molecular complexity index is 755. The summed E-state index contributed by atoms with van der Waals surface area (Å²) >= 11 is 0. The number of benzene rings is 1. The zero-order chi connectivity index (χ0) is 18.0. The minimum absolute atomic E-state index is 0.0361. The molecule has 1 aliphatic rings. The SMILES string of the molecule is COC1CCNC(CS(=O)c2nc3ccc(OC(F)F)cc3[nH]2)C1C. The molecule has 1 saturated heterocycles. The normalized spacial score (nSPS) is 25.4. The average Bonchev–Trinajstić information content (AvgIpc) is 2.99. The lowest BCUT2D eigenvalue weighted by atomic mass is 9.91. The number of nitrogens with one attached hydrogen (secondary N) is 2. The van der Waals surface area contributed by atoms with Crippen LogP contribution in [0.25, 0.3) is 11.0 Å². The number of nitrogens with zero attached hydrogens (tertiary/aromatic N) is 1. The predicted octanol–water partition coefficient (Wildman–Crippen LogP) is 2.28. The molecule has 3 rings (SSSR count). The molecule has 138 valence electrons. The van der Waals surface area contributed by atoms with Crippen molar-refractivity contribution >= 4 is 21.8 Å². The van der Waals surface area contributed by atoms with Crippen LogP contribution in [0.1, 0.15) is 13.3 Å². The maximum absolute atomic E-state index is 12.7. The zero-order valence-corrected chi connectivity index (χ0v) is 14.8. The number of aromatic amines is 1. The molecule has 6 nitrogen and oxygen atoms in total. The Morgan fingerprint density at radius 1 is 1.44 bits per heavy atom. The number of aromatic nitrogens is 2. The molecule has 1 aliphatic heterocycles. The van der Waals surface area contributed by atoms with E-state index in [0.29, 0.717) is 21.9 Å². The van der Waals surface area contributed by atoms with Gasteiger partial charge in [-0.25, -0.2) is 4.98 Å². The molecule has 9 heteroatoms. The van der Waals surface area contributed by atoms with Crippen LogP contribution in [0, 0.1) is 5.92 Å². The number of ether oxygens (including phenoxy) is 2. The lowest BCUT2D eigenvalue weighted by Crippen LogP contribution is -2.50. The smallest absolute Gasteiger partial charge is 0.387 e. The second-order valence-corrected chi connectivity index (χ2v) is 7.51. The molecule has 1 aromatic heterocycles. The molecule has 2 heterocycles. The highest BCUT2D eigenvalue weighted by molar-refractivity contribution is 7.84. The van der Waals surface area contributed by atoms with E-state index in [4.69, 9.17) is 4.74 Å². The molecule has 0 saturated carbocycles. The van der Waals surface area contributed by atoms with Crippen molar-refractivity contribution in [2.24, 2.45) is 5.92 Å². The van der Waals surface area contributed by atoms with E-state index in [2.05, 4.69) is 26.9 Å². The Labute approximate surface area is 146 Å². The van der Waals surface area contributed by atoms with Crippen LogP contribution in [0.5, 0.6) is 5.75 Å². The second-order valence-electron chi connectivity index (χ2n) is 6.09. The van der Waals surface area contributed by atoms with Gasteiger partial charge in [0.15, 0.2) is 5.16 Å². The first-order chi connectivity index (χ1) is 12.0. The van der Waals surface area contributed by atoms with Gasteiger partial charge in [0.1, 0.15) is 5.75 Å². The van der Waals surface area contributed by atoms with Gasteiger partial charge in [0.05, 0.1) is 27.9 Å². The standard InChI is InChI=1S/C16H21F2N3O3S/c1-9-13(19-6-5-14(9)23-2)8-25(22)16-20-11-4-3-10(24-15(17)18)7-12(11)21-16/h3-4,7,9,13-15,19H,5-6,8H2,1-2H3,(H,20,21). The number of halogens is 2. The third-order valence-corrected chi connectivity index (χ3v) is 5.85. The summed E-state index contributed by atoms with van der Waals surface area (Å²) in [6, 6.07) is 4.46. The first kappa shape index (κ1) is 18.2. The summed E-state index contributed by atoms with van der Waals surface area (Å²) in [6.45, 7) is 0.00935. The maximum Gasteiger partial charge on any atom is 0.387 e. The van der Waals surface area contributed by atoms with Crippen molar-refractivity contribution < 1.29 is 22.5 Å². The molecule has 0 radical (unpaired) electrons. The van der Waals surface area contributed by atoms with Gasteiger partial charge in [-0.05, 0) is 31.0 Å². The number of hydrogen-bond donors (Lipinski definition) is 2. The minimum Gasteiger partial charge on any atom is -0.435 e. The van der Waals surface area contributed by atoms with Gasteiger partial charge in [-0.3, -0.25) is 4.21 Å². The number of fused-ring (bicyclic) bond motifs is 1. The van der Waals surface area contributed by atoms with Gasteiger partial charge in [-0.15, -0.1) is 0 Å². The second kappa shape index (κ2) is 7.76. The van der Waals surface area contributed by atoms with E-state index < -0.39 is 17.4 Å². The summed E-state index contributed by atoms with van der Waals surface area (Å²) in [4.78, 5) is 7.25. The molecule has 1 aromatic carbocycles. The maximum atomic E-state index is 12.7. The average molecular weight is 373 g/mol. The summed E-state index contributed by atoms with van der Waals surface area (Å²) in [5.74, 6) is 0.674. The molecule has 1 fully saturated rings. The third-order valence-electron chi connectivity index (χ3n) is 4.56. The van der Waals surface area contributed by atoms with Crippen molar-refractivity contribution in [1.82, 2.24) is 15.3 Å². The fourth-order valence-electron chi connectivity index (χ4n) is 3.15. The van der Waals surface area contributed by atoms with Crippen molar-refractivity contribution in [2.75, 3.05) is 19.4 Å². The molecule has 0 aliphatic carbocycles. The summed E-state index contributed by atoms with van der Waals surface area (Å²) in [6.07, 6.45) is 1.08. The molecule has 2 N–H and O–H groups in total. The molecule has 25 heavy (non-hydrogen) atoms. The quantitative estimate of drug-likeness (QED) is 0.813. The van der Waals surface area contributed by atoms with Crippen LogP contribution in [0.4, 0.5) is 8.78 Å². The van der Waals surface area contributed by atoms with E-state index in [1.165, 1.54) is 12.1 Å². The molecular formula is C16H21F2N3O3S. The number of hydrogen-bond acceptors (Lipinski definition) is 5. The van der Waals surface area contributed by atoms with Crippen LogP contribution in [0.15, 0.2) is 23.4 Å². The number of H-pyrrole nitrogens is 1. The predicted molar refractivity (Wildman–Crippen MR) is 90.4 cm³/mol. The van der Waals surface area contributed by atoms with E-state index in [1.54, 1.807) is 13.2 Å². The van der Waals surface area contributed by atoms with E-state index in [1.807, 2.05) is 0 Å². The van der Waals surface area contributed by atoms with Crippen molar-refractivity contribution in [1.29, 1.82) is 0 Å². The van der Waals surface area contributed by atoms with Crippen LogP contribution in [-0.2, 0) is 15.5 Å². The highest BCUT2D eigenvalue weighted by atomic mass is 32.2. The molecule has 4 unspecified atom stereocenters. The van der Waals surface area contributed by atoms with Gasteiger partial charge in [0.2, 0.25) is 0 Å². The van der Waals surface area contributed by atoms with E-state index >= 15 is 0 Å². The monoisotopic (exact) mass is 373 g/mol. The first-order valence-corrected chi connectivity index (χ1v) is 9.39. The van der Waals surface area contributed by atoms with Gasteiger partial charge in [-0.1, -0.05) is 6.92 Å². The van der Waals surface area contributed by atoms with Gasteiger partial charge in [0, 0.05) is 25.0 Å². The Morgan fingerprint density at radius 2 is 2.24 bits per heavy atom. The molecule has 0 amide bonds. The molecule has 0 bridgehead atoms. The highest BCUT2D eigenvalue weighted by Gasteiger charge is 2.31. The Kier molecular flexibility index (Phi) is 5.65. The fourth-order valence-corrected chi connectivity index (χ4v) is 4.48. The Morgan fingerprint density at radius 3 is 2.96 bits per heavy atom. The lowest BCUT2D eigenvalue weighted by Gasteiger charge is -2.35. The summed E-state index contributed by atoms with van der Waals surface area (Å²) in [5, 5.41) is 3.71. The van der Waals surface area contributed by atoms with Crippen molar-refractivity contribution in [3.8, 4) is 5.75 Å². The number of rotatable bonds is 6. The minimum atomic E-state index is -2.89. The van der Waals surface area contributed by atoms with E-state index in [9.17, 15) is 13.0 Å². The van der Waals surface area contributed by atoms with Crippen molar-refractivity contribution in [3.63, 3.8) is 0 Å². The lowest BCUT2D eigenvalue weighted by molar-refractivity contribution is -0.0497. The van der Waals surface area contributed by atoms with Crippen LogP contribution in [0.2, 0.25) is 0 Å². The first-order valence-electron chi connectivity index (χ1n) is 8.07. The van der Waals surface area contributed by atoms with Gasteiger partial charge in [0.25, 0.3) is 0 Å². The van der Waals surface area contributed by atoms with Crippen molar-refractivity contribution in [2.45, 2.75) is 37.3 Å². The van der Waals surface area contributed by atoms with Crippen LogP contribution in [0.3, 0.4) is 0 Å². The highest BCUT2D eigenvalue weighted by Crippen LogP contribution is 2.24. The van der Waals surface area contributed by atoms with Crippen LogP contribution >= 0.6 is 0 Å². The molecule has 0 spiro atoms. The van der Waals surface area contributed by atoms with E-state index in [0.717, 1.165) is 13.0 Å². The largest absolute Gasteiger partial charge is 0.435 e. The number of alkyl halides is 2. The summed E-state index contributed by atoms with van der Waals surface area (Å²) in [7, 11) is 0.351. The zero-order valence-electron chi connectivity index (χ0n) is 14.0. The fraction of sp³-hybridized carbons (Fsp3) is 0.562. The van der Waals surface area contributed by atoms with Crippen molar-refractivity contribution in [3.05, 3.63) is 18.2 Å². The number of piperidine rings is 1.